The van der Waals surface area contributed by atoms with E-state index in [-0.39, 0.29) is 23.7 Å². The molecule has 0 aromatic heterocycles. The molecule has 122 valence electrons. The first-order valence-electron chi connectivity index (χ1n) is 9.00. The summed E-state index contributed by atoms with van der Waals surface area (Å²) < 4.78 is 0. The van der Waals surface area contributed by atoms with Gasteiger partial charge >= 0.3 is 0 Å². The molecule has 2 heterocycles. The average Bonchev–Trinajstić information content (AvgIpc) is 2.62. The fourth-order valence-electron chi connectivity index (χ4n) is 4.06. The summed E-state index contributed by atoms with van der Waals surface area (Å²) in [6, 6.07) is 0. The maximum Gasteiger partial charge on any atom is 0.226 e. The van der Waals surface area contributed by atoms with Crippen LogP contribution in [0.1, 0.15) is 51.4 Å². The topological polar surface area (TPSA) is 40.6 Å². The van der Waals surface area contributed by atoms with Crippen LogP contribution in [-0.4, -0.2) is 47.8 Å². The van der Waals surface area contributed by atoms with E-state index >= 15 is 0 Å². The quantitative estimate of drug-likeness (QED) is 0.736. The first-order valence-corrected chi connectivity index (χ1v) is 9.00. The summed E-state index contributed by atoms with van der Waals surface area (Å²) in [4.78, 5) is 29.8. The van der Waals surface area contributed by atoms with E-state index in [1.807, 2.05) is 9.80 Å². The lowest BCUT2D eigenvalue weighted by atomic mass is 9.80. The molecule has 0 aromatic rings. The molecule has 2 atom stereocenters. The lowest BCUT2D eigenvalue weighted by Crippen LogP contribution is -2.48. The largest absolute Gasteiger partial charge is 0.342 e. The van der Waals surface area contributed by atoms with Gasteiger partial charge in [0.05, 0.1) is 11.8 Å². The van der Waals surface area contributed by atoms with E-state index in [0.717, 1.165) is 64.7 Å². The number of likely N-dealkylation sites (tertiary alicyclic amines) is 2. The van der Waals surface area contributed by atoms with Gasteiger partial charge < -0.3 is 9.80 Å². The van der Waals surface area contributed by atoms with E-state index in [0.29, 0.717) is 0 Å². The molecule has 2 saturated heterocycles. The van der Waals surface area contributed by atoms with Gasteiger partial charge in [-0.3, -0.25) is 9.59 Å². The molecule has 2 amide bonds. The van der Waals surface area contributed by atoms with Crippen molar-refractivity contribution in [1.82, 2.24) is 9.80 Å². The van der Waals surface area contributed by atoms with Gasteiger partial charge in [-0.15, -0.1) is 0 Å². The van der Waals surface area contributed by atoms with Gasteiger partial charge in [0.25, 0.3) is 0 Å². The van der Waals surface area contributed by atoms with Crippen molar-refractivity contribution in [3.63, 3.8) is 0 Å². The smallest absolute Gasteiger partial charge is 0.226 e. The number of carbonyl (C=O) groups excluding carboxylic acids is 2. The summed E-state index contributed by atoms with van der Waals surface area (Å²) in [6.45, 7) is 3.51. The Balaban J connectivity index is 1.68. The summed E-state index contributed by atoms with van der Waals surface area (Å²) in [5.74, 6) is 0.189. The van der Waals surface area contributed by atoms with Gasteiger partial charge in [0.2, 0.25) is 11.8 Å². The van der Waals surface area contributed by atoms with Crippen LogP contribution in [-0.2, 0) is 9.59 Å². The highest BCUT2D eigenvalue weighted by Gasteiger charge is 2.38. The van der Waals surface area contributed by atoms with Gasteiger partial charge in [-0.05, 0) is 51.4 Å². The van der Waals surface area contributed by atoms with Crippen LogP contribution in [0.15, 0.2) is 12.2 Å². The Morgan fingerprint density at radius 3 is 1.36 bits per heavy atom. The molecule has 0 radical (unpaired) electrons. The molecule has 0 saturated carbocycles. The highest BCUT2D eigenvalue weighted by molar-refractivity contribution is 5.88. The minimum absolute atomic E-state index is 0.127. The number of piperidine rings is 2. The molecule has 0 N–H and O–H groups in total. The third-order valence-electron chi connectivity index (χ3n) is 5.40. The van der Waals surface area contributed by atoms with Crippen molar-refractivity contribution in [3.05, 3.63) is 12.2 Å². The molecule has 22 heavy (non-hydrogen) atoms. The third-order valence-corrected chi connectivity index (χ3v) is 5.40. The zero-order valence-corrected chi connectivity index (χ0v) is 13.5. The van der Waals surface area contributed by atoms with Gasteiger partial charge in [-0.2, -0.15) is 0 Å². The van der Waals surface area contributed by atoms with E-state index in [2.05, 4.69) is 12.2 Å². The molecule has 0 unspecified atom stereocenters. The van der Waals surface area contributed by atoms with Gasteiger partial charge in [-0.25, -0.2) is 0 Å². The Bertz CT molecular complexity index is 394. The fourth-order valence-corrected chi connectivity index (χ4v) is 4.06. The molecule has 0 aromatic carbocycles. The Kier molecular flexibility index (Phi) is 5.16. The van der Waals surface area contributed by atoms with Crippen LogP contribution in [0, 0.1) is 11.8 Å². The van der Waals surface area contributed by atoms with Crippen LogP contribution in [0.2, 0.25) is 0 Å². The van der Waals surface area contributed by atoms with Crippen molar-refractivity contribution in [2.45, 2.75) is 51.4 Å². The van der Waals surface area contributed by atoms with Crippen LogP contribution < -0.4 is 0 Å². The second kappa shape index (κ2) is 7.30. The zero-order chi connectivity index (χ0) is 15.4. The number of rotatable bonds is 2. The van der Waals surface area contributed by atoms with Gasteiger partial charge in [0, 0.05) is 26.2 Å². The normalized spacial score (nSPS) is 29.5. The van der Waals surface area contributed by atoms with Crippen molar-refractivity contribution < 1.29 is 9.59 Å². The Morgan fingerprint density at radius 1 is 0.636 bits per heavy atom. The first-order chi connectivity index (χ1) is 10.8. The fraction of sp³-hybridized carbons (Fsp3) is 0.778. The van der Waals surface area contributed by atoms with Crippen molar-refractivity contribution in [2.75, 3.05) is 26.2 Å². The number of carbonyl (C=O) groups is 2. The van der Waals surface area contributed by atoms with E-state index in [1.165, 1.54) is 12.8 Å². The number of nitrogens with zero attached hydrogens (tertiary/aromatic N) is 2. The molecular weight excluding hydrogens is 276 g/mol. The van der Waals surface area contributed by atoms with Crippen LogP contribution in [0.25, 0.3) is 0 Å². The summed E-state index contributed by atoms with van der Waals surface area (Å²) >= 11 is 0. The van der Waals surface area contributed by atoms with Gasteiger partial charge in [-0.1, -0.05) is 12.2 Å². The molecule has 2 aliphatic heterocycles. The molecule has 4 heteroatoms. The predicted molar refractivity (Wildman–Crippen MR) is 86.2 cm³/mol. The van der Waals surface area contributed by atoms with Crippen molar-refractivity contribution in [2.24, 2.45) is 11.8 Å². The van der Waals surface area contributed by atoms with E-state index in [9.17, 15) is 9.59 Å². The van der Waals surface area contributed by atoms with Crippen molar-refractivity contribution >= 4 is 11.8 Å². The van der Waals surface area contributed by atoms with Crippen LogP contribution in [0.3, 0.4) is 0 Å². The lowest BCUT2D eigenvalue weighted by molar-refractivity contribution is -0.147. The van der Waals surface area contributed by atoms with Crippen LogP contribution in [0.5, 0.6) is 0 Å². The Hall–Kier alpha value is -1.32. The third kappa shape index (κ3) is 3.36. The number of hydrogen-bond donors (Lipinski definition) is 0. The maximum atomic E-state index is 12.9. The van der Waals surface area contributed by atoms with Gasteiger partial charge in [0.15, 0.2) is 0 Å². The summed E-state index contributed by atoms with van der Waals surface area (Å²) in [6.07, 6.45) is 12.5. The molecular formula is C18H28N2O2. The average molecular weight is 304 g/mol. The molecule has 0 spiro atoms. The summed E-state index contributed by atoms with van der Waals surface area (Å²) in [5, 5.41) is 0. The summed E-state index contributed by atoms with van der Waals surface area (Å²) in [5.41, 5.74) is 0. The summed E-state index contributed by atoms with van der Waals surface area (Å²) in [7, 11) is 0. The molecule has 2 fully saturated rings. The Morgan fingerprint density at radius 2 is 1.00 bits per heavy atom. The van der Waals surface area contributed by atoms with E-state index in [4.69, 9.17) is 0 Å². The van der Waals surface area contributed by atoms with Crippen LogP contribution >= 0.6 is 0 Å². The Labute approximate surface area is 133 Å². The number of hydrogen-bond acceptors (Lipinski definition) is 2. The number of allylic oxidation sites excluding steroid dienone is 2. The minimum Gasteiger partial charge on any atom is -0.342 e. The standard InChI is InChI=1S/C18H28N2O2/c21-17(19-11-5-1-6-12-19)15-9-3-4-10-16(15)18(22)20-13-7-2-8-14-20/h3-4,15-16H,1-2,5-14H2/t15-,16-/m0/s1. The minimum atomic E-state index is -0.127. The first kappa shape index (κ1) is 15.6. The second-order valence-electron chi connectivity index (χ2n) is 6.93. The van der Waals surface area contributed by atoms with Crippen molar-refractivity contribution in [1.29, 1.82) is 0 Å². The molecule has 0 bridgehead atoms. The van der Waals surface area contributed by atoms with E-state index < -0.39 is 0 Å². The monoisotopic (exact) mass is 304 g/mol. The molecule has 3 rings (SSSR count). The second-order valence-corrected chi connectivity index (χ2v) is 6.93. The molecule has 1 aliphatic carbocycles. The number of amides is 2. The highest BCUT2D eigenvalue weighted by Crippen LogP contribution is 2.31. The zero-order valence-electron chi connectivity index (χ0n) is 13.5. The van der Waals surface area contributed by atoms with Crippen molar-refractivity contribution in [3.8, 4) is 0 Å². The molecule has 3 aliphatic rings. The highest BCUT2D eigenvalue weighted by atomic mass is 16.2. The van der Waals surface area contributed by atoms with Crippen LogP contribution in [0.4, 0.5) is 0 Å². The van der Waals surface area contributed by atoms with Gasteiger partial charge in [0.1, 0.15) is 0 Å². The van der Waals surface area contributed by atoms with E-state index in [1.54, 1.807) is 0 Å². The maximum absolute atomic E-state index is 12.9. The SMILES string of the molecule is O=C([C@H]1CC=CC[C@@H]1C(=O)N1CCCCC1)N1CCCCC1. The lowest BCUT2D eigenvalue weighted by Gasteiger charge is -2.37. The molecule has 4 nitrogen and oxygen atoms in total. The predicted octanol–water partition coefficient (Wildman–Crippen LogP) is 2.59.